The topological polar surface area (TPSA) is 12.9 Å². The first-order chi connectivity index (χ1) is 9.74. The van der Waals surface area contributed by atoms with Crippen molar-refractivity contribution in [1.29, 1.82) is 0 Å². The molecule has 1 aromatic heterocycles. The standard InChI is InChI=1S/C19H23N/c1-14-12-19(20-13-15(14)2)18-10-8-17(9-11-18)16-6-4-3-5-7-16/h8-13,16H,3-7H2,1-2H3. The van der Waals surface area contributed by atoms with Crippen LogP contribution >= 0.6 is 0 Å². The minimum atomic E-state index is 0.783. The number of benzene rings is 1. The van der Waals surface area contributed by atoms with E-state index < -0.39 is 0 Å². The summed E-state index contributed by atoms with van der Waals surface area (Å²) in [6.07, 6.45) is 8.90. The van der Waals surface area contributed by atoms with Crippen molar-refractivity contribution in [2.45, 2.75) is 51.9 Å². The molecule has 1 aliphatic rings. The molecule has 0 radical (unpaired) electrons. The van der Waals surface area contributed by atoms with Crippen LogP contribution in [0.25, 0.3) is 11.3 Å². The van der Waals surface area contributed by atoms with E-state index in [0.29, 0.717) is 0 Å². The van der Waals surface area contributed by atoms with Crippen LogP contribution in [0.1, 0.15) is 54.7 Å². The summed E-state index contributed by atoms with van der Waals surface area (Å²) in [5.41, 5.74) is 6.40. The summed E-state index contributed by atoms with van der Waals surface area (Å²) in [6.45, 7) is 4.26. The van der Waals surface area contributed by atoms with Crippen LogP contribution in [0.15, 0.2) is 36.5 Å². The molecule has 104 valence electrons. The molecule has 0 amide bonds. The van der Waals surface area contributed by atoms with Gasteiger partial charge in [0.15, 0.2) is 0 Å². The second kappa shape index (κ2) is 5.78. The minimum Gasteiger partial charge on any atom is -0.256 e. The predicted octanol–water partition coefficient (Wildman–Crippen LogP) is 5.41. The molecular formula is C19H23N. The van der Waals surface area contributed by atoms with Crippen molar-refractivity contribution in [3.8, 4) is 11.3 Å². The van der Waals surface area contributed by atoms with Crippen LogP contribution in [-0.4, -0.2) is 4.98 Å². The number of hydrogen-bond donors (Lipinski definition) is 0. The lowest BCUT2D eigenvalue weighted by Crippen LogP contribution is -2.04. The maximum atomic E-state index is 4.55. The fourth-order valence-electron chi connectivity index (χ4n) is 3.14. The Bertz CT molecular complexity index is 577. The maximum absolute atomic E-state index is 4.55. The lowest BCUT2D eigenvalue weighted by Gasteiger charge is -2.22. The number of hydrogen-bond acceptors (Lipinski definition) is 1. The Morgan fingerprint density at radius 1 is 0.900 bits per heavy atom. The lowest BCUT2D eigenvalue weighted by atomic mass is 9.84. The fraction of sp³-hybridized carbons (Fsp3) is 0.421. The Hall–Kier alpha value is -1.63. The molecule has 1 fully saturated rings. The van der Waals surface area contributed by atoms with Gasteiger partial charge in [0.05, 0.1) is 5.69 Å². The molecule has 0 saturated heterocycles. The highest BCUT2D eigenvalue weighted by molar-refractivity contribution is 5.60. The first kappa shape index (κ1) is 13.4. The number of pyridine rings is 1. The van der Waals surface area contributed by atoms with E-state index in [9.17, 15) is 0 Å². The average molecular weight is 265 g/mol. The highest BCUT2D eigenvalue weighted by Gasteiger charge is 2.15. The van der Waals surface area contributed by atoms with Crippen LogP contribution in [0.2, 0.25) is 0 Å². The molecule has 20 heavy (non-hydrogen) atoms. The zero-order chi connectivity index (χ0) is 13.9. The zero-order valence-electron chi connectivity index (χ0n) is 12.5. The van der Waals surface area contributed by atoms with Crippen molar-refractivity contribution in [3.63, 3.8) is 0 Å². The quantitative estimate of drug-likeness (QED) is 0.707. The SMILES string of the molecule is Cc1cnc(-c2ccc(C3CCCCC3)cc2)cc1C. The average Bonchev–Trinajstić information content (AvgIpc) is 2.51. The van der Waals surface area contributed by atoms with Crippen molar-refractivity contribution in [3.05, 3.63) is 53.2 Å². The second-order valence-corrected chi connectivity index (χ2v) is 6.11. The summed E-state index contributed by atoms with van der Waals surface area (Å²) >= 11 is 0. The molecule has 1 saturated carbocycles. The fourth-order valence-corrected chi connectivity index (χ4v) is 3.14. The molecule has 1 aliphatic carbocycles. The van der Waals surface area contributed by atoms with Gasteiger partial charge in [0.25, 0.3) is 0 Å². The summed E-state index contributed by atoms with van der Waals surface area (Å²) in [7, 11) is 0. The van der Waals surface area contributed by atoms with Gasteiger partial charge in [-0.3, -0.25) is 4.98 Å². The van der Waals surface area contributed by atoms with E-state index in [1.165, 1.54) is 54.4 Å². The van der Waals surface area contributed by atoms with E-state index >= 15 is 0 Å². The molecule has 1 heterocycles. The summed E-state index contributed by atoms with van der Waals surface area (Å²) < 4.78 is 0. The molecule has 1 aromatic carbocycles. The van der Waals surface area contributed by atoms with E-state index in [4.69, 9.17) is 0 Å². The molecule has 2 aromatic rings. The molecule has 3 rings (SSSR count). The van der Waals surface area contributed by atoms with Gasteiger partial charge in [-0.15, -0.1) is 0 Å². The predicted molar refractivity (Wildman–Crippen MR) is 85.0 cm³/mol. The third kappa shape index (κ3) is 2.77. The van der Waals surface area contributed by atoms with Crippen LogP contribution in [0, 0.1) is 13.8 Å². The Morgan fingerprint density at radius 2 is 1.60 bits per heavy atom. The molecule has 0 N–H and O–H groups in total. The number of rotatable bonds is 2. The summed E-state index contributed by atoms with van der Waals surface area (Å²) in [5, 5.41) is 0. The van der Waals surface area contributed by atoms with Gasteiger partial charge >= 0.3 is 0 Å². The van der Waals surface area contributed by atoms with E-state index in [1.807, 2.05) is 6.20 Å². The van der Waals surface area contributed by atoms with Crippen LogP contribution in [0.5, 0.6) is 0 Å². The maximum Gasteiger partial charge on any atom is 0.0704 e. The molecule has 0 bridgehead atoms. The van der Waals surface area contributed by atoms with Crippen LogP contribution < -0.4 is 0 Å². The van der Waals surface area contributed by atoms with Gasteiger partial charge in [-0.2, -0.15) is 0 Å². The van der Waals surface area contributed by atoms with Crippen LogP contribution in [0.4, 0.5) is 0 Å². The zero-order valence-corrected chi connectivity index (χ0v) is 12.5. The van der Waals surface area contributed by atoms with Crippen LogP contribution in [0.3, 0.4) is 0 Å². The molecule has 0 unspecified atom stereocenters. The lowest BCUT2D eigenvalue weighted by molar-refractivity contribution is 0.443. The molecule has 0 spiro atoms. The van der Waals surface area contributed by atoms with Gasteiger partial charge in [0, 0.05) is 11.8 Å². The molecule has 0 atom stereocenters. The third-order valence-electron chi connectivity index (χ3n) is 4.66. The van der Waals surface area contributed by atoms with Gasteiger partial charge in [0.1, 0.15) is 0 Å². The molecule has 1 heteroatoms. The Kier molecular flexibility index (Phi) is 3.86. The molecular weight excluding hydrogens is 242 g/mol. The van der Waals surface area contributed by atoms with Crippen molar-refractivity contribution < 1.29 is 0 Å². The normalized spacial score (nSPS) is 16.3. The monoisotopic (exact) mass is 265 g/mol. The van der Waals surface area contributed by atoms with Crippen molar-refractivity contribution in [2.24, 2.45) is 0 Å². The molecule has 0 aliphatic heterocycles. The highest BCUT2D eigenvalue weighted by Crippen LogP contribution is 2.33. The van der Waals surface area contributed by atoms with E-state index in [-0.39, 0.29) is 0 Å². The molecule has 1 nitrogen and oxygen atoms in total. The largest absolute Gasteiger partial charge is 0.256 e. The third-order valence-corrected chi connectivity index (χ3v) is 4.66. The first-order valence-corrected chi connectivity index (χ1v) is 7.77. The van der Waals surface area contributed by atoms with Crippen molar-refractivity contribution in [1.82, 2.24) is 4.98 Å². The summed E-state index contributed by atoms with van der Waals surface area (Å²) in [5.74, 6) is 0.783. The Balaban J connectivity index is 1.83. The first-order valence-electron chi connectivity index (χ1n) is 7.77. The highest BCUT2D eigenvalue weighted by atomic mass is 14.7. The summed E-state index contributed by atoms with van der Waals surface area (Å²) in [6, 6.07) is 11.3. The van der Waals surface area contributed by atoms with Gasteiger partial charge < -0.3 is 0 Å². The number of aryl methyl sites for hydroxylation is 2. The summed E-state index contributed by atoms with van der Waals surface area (Å²) in [4.78, 5) is 4.55. The van der Waals surface area contributed by atoms with Gasteiger partial charge in [0.2, 0.25) is 0 Å². The van der Waals surface area contributed by atoms with Gasteiger partial charge in [-0.05, 0) is 55.4 Å². The van der Waals surface area contributed by atoms with E-state index in [1.54, 1.807) is 0 Å². The van der Waals surface area contributed by atoms with Crippen molar-refractivity contribution in [2.75, 3.05) is 0 Å². The van der Waals surface area contributed by atoms with Crippen LogP contribution in [-0.2, 0) is 0 Å². The van der Waals surface area contributed by atoms with Gasteiger partial charge in [-0.25, -0.2) is 0 Å². The minimum absolute atomic E-state index is 0.783. The smallest absolute Gasteiger partial charge is 0.0704 e. The van der Waals surface area contributed by atoms with E-state index in [0.717, 1.165) is 11.6 Å². The van der Waals surface area contributed by atoms with Gasteiger partial charge in [-0.1, -0.05) is 43.5 Å². The second-order valence-electron chi connectivity index (χ2n) is 6.11. The van der Waals surface area contributed by atoms with Crippen molar-refractivity contribution >= 4 is 0 Å². The Morgan fingerprint density at radius 3 is 2.25 bits per heavy atom. The van der Waals surface area contributed by atoms with E-state index in [2.05, 4.69) is 49.2 Å². The Labute approximate surface area is 122 Å². The number of aromatic nitrogens is 1. The number of nitrogens with zero attached hydrogens (tertiary/aromatic N) is 1.